The predicted molar refractivity (Wildman–Crippen MR) is 70.2 cm³/mol. The monoisotopic (exact) mass is 286 g/mol. The van der Waals surface area contributed by atoms with E-state index in [1.165, 1.54) is 0 Å². The molecule has 0 spiro atoms. The summed E-state index contributed by atoms with van der Waals surface area (Å²) in [6.07, 6.45) is -0.156. The number of aliphatic hydroxyl groups excluding tert-OH is 1. The molecule has 0 bridgehead atoms. The summed E-state index contributed by atoms with van der Waals surface area (Å²) >= 11 is 13.0. The number of benzene rings is 1. The smallest absolute Gasteiger partial charge is 0.160 e. The van der Waals surface area contributed by atoms with Crippen LogP contribution in [0.25, 0.3) is 0 Å². The fourth-order valence-corrected chi connectivity index (χ4v) is 2.86. The second-order valence-electron chi connectivity index (χ2n) is 3.45. The van der Waals surface area contributed by atoms with E-state index in [4.69, 9.17) is 23.2 Å². The highest BCUT2D eigenvalue weighted by Gasteiger charge is 2.17. The summed E-state index contributed by atoms with van der Waals surface area (Å²) in [7, 11) is 0. The molecular formula is C12H8Cl2O2S. The number of carbonyl (C=O) groups excluding carboxylic acids is 1. The van der Waals surface area contributed by atoms with Gasteiger partial charge in [-0.05, 0) is 23.8 Å². The second kappa shape index (κ2) is 5.19. The Kier molecular flexibility index (Phi) is 3.84. The highest BCUT2D eigenvalue weighted by Crippen LogP contribution is 2.35. The van der Waals surface area contributed by atoms with Crippen LogP contribution in [-0.4, -0.2) is 11.4 Å². The van der Waals surface area contributed by atoms with Crippen LogP contribution in [0.3, 0.4) is 0 Å². The molecule has 17 heavy (non-hydrogen) atoms. The minimum Gasteiger partial charge on any atom is -0.384 e. The van der Waals surface area contributed by atoms with E-state index in [2.05, 4.69) is 0 Å². The molecule has 0 aliphatic heterocycles. The van der Waals surface area contributed by atoms with Gasteiger partial charge in [0.25, 0.3) is 0 Å². The first-order chi connectivity index (χ1) is 8.11. The molecule has 1 heterocycles. The summed E-state index contributed by atoms with van der Waals surface area (Å²) in [6.45, 7) is 0. The fraction of sp³-hybridized carbons (Fsp3) is 0.0833. The number of hydrogen-bond donors (Lipinski definition) is 1. The molecule has 1 aromatic carbocycles. The highest BCUT2D eigenvalue weighted by molar-refractivity contribution is 7.17. The van der Waals surface area contributed by atoms with E-state index in [0.29, 0.717) is 31.6 Å². The molecule has 5 heteroatoms. The van der Waals surface area contributed by atoms with Gasteiger partial charge in [-0.2, -0.15) is 0 Å². The normalized spacial score (nSPS) is 12.4. The molecule has 0 aliphatic carbocycles. The van der Waals surface area contributed by atoms with E-state index in [-0.39, 0.29) is 0 Å². The molecule has 0 saturated carbocycles. The molecule has 0 unspecified atom stereocenters. The van der Waals surface area contributed by atoms with Crippen molar-refractivity contribution < 1.29 is 9.90 Å². The van der Waals surface area contributed by atoms with Gasteiger partial charge in [0.05, 0.1) is 9.21 Å². The summed E-state index contributed by atoms with van der Waals surface area (Å²) in [4.78, 5) is 11.1. The minimum absolute atomic E-state index is 0.416. The zero-order valence-corrected chi connectivity index (χ0v) is 10.9. The van der Waals surface area contributed by atoms with Crippen LogP contribution >= 0.6 is 34.5 Å². The lowest BCUT2D eigenvalue weighted by atomic mass is 10.0. The maximum absolute atomic E-state index is 10.6. The second-order valence-corrected chi connectivity index (χ2v) is 5.58. The van der Waals surface area contributed by atoms with Crippen molar-refractivity contribution in [3.05, 3.63) is 55.7 Å². The van der Waals surface area contributed by atoms with Gasteiger partial charge in [-0.1, -0.05) is 35.3 Å². The van der Waals surface area contributed by atoms with Crippen molar-refractivity contribution in [3.63, 3.8) is 0 Å². The first-order valence-corrected chi connectivity index (χ1v) is 6.37. The van der Waals surface area contributed by atoms with Gasteiger partial charge in [-0.3, -0.25) is 4.79 Å². The minimum atomic E-state index is -0.869. The summed E-state index contributed by atoms with van der Waals surface area (Å²) in [6, 6.07) is 8.49. The Labute approximate surface area is 112 Å². The molecular weight excluding hydrogens is 279 g/mol. The van der Waals surface area contributed by atoms with Gasteiger partial charge in [0.2, 0.25) is 0 Å². The molecule has 0 radical (unpaired) electrons. The maximum atomic E-state index is 10.6. The van der Waals surface area contributed by atoms with Gasteiger partial charge < -0.3 is 5.11 Å². The number of rotatable bonds is 3. The Hall–Kier alpha value is -0.870. The quantitative estimate of drug-likeness (QED) is 0.868. The third-order valence-electron chi connectivity index (χ3n) is 2.31. The Morgan fingerprint density at radius 2 is 2.06 bits per heavy atom. The standard InChI is InChI=1S/C12H8Cl2O2S/c13-8-3-1-2-7(4-8)11(16)10-5-9(6-15)17-12(10)14/h1-6,11,16H/t11-/m0/s1. The van der Waals surface area contributed by atoms with Gasteiger partial charge >= 0.3 is 0 Å². The van der Waals surface area contributed by atoms with Crippen LogP contribution in [0.2, 0.25) is 9.36 Å². The van der Waals surface area contributed by atoms with E-state index in [1.807, 2.05) is 0 Å². The summed E-state index contributed by atoms with van der Waals surface area (Å²) < 4.78 is 0.416. The number of thiophene rings is 1. The van der Waals surface area contributed by atoms with Gasteiger partial charge in [-0.25, -0.2) is 0 Å². The van der Waals surface area contributed by atoms with Crippen molar-refractivity contribution in [2.24, 2.45) is 0 Å². The molecule has 2 nitrogen and oxygen atoms in total. The average molecular weight is 287 g/mol. The van der Waals surface area contributed by atoms with E-state index >= 15 is 0 Å². The molecule has 0 amide bonds. The summed E-state index contributed by atoms with van der Waals surface area (Å²) in [5, 5.41) is 10.7. The van der Waals surface area contributed by atoms with Crippen molar-refractivity contribution >= 4 is 40.8 Å². The number of halogens is 2. The lowest BCUT2D eigenvalue weighted by molar-refractivity contribution is 0.112. The molecule has 0 fully saturated rings. The molecule has 1 N–H and O–H groups in total. The SMILES string of the molecule is O=Cc1cc([C@@H](O)c2cccc(Cl)c2)c(Cl)s1. The van der Waals surface area contributed by atoms with Gasteiger partial charge in [0, 0.05) is 10.6 Å². The molecule has 0 saturated heterocycles. The number of aldehydes is 1. The van der Waals surface area contributed by atoms with Crippen molar-refractivity contribution in [1.82, 2.24) is 0 Å². The number of carbonyl (C=O) groups is 1. The van der Waals surface area contributed by atoms with Crippen LogP contribution < -0.4 is 0 Å². The van der Waals surface area contributed by atoms with E-state index in [0.717, 1.165) is 11.3 Å². The third-order valence-corrected chi connectivity index (χ3v) is 3.86. The lowest BCUT2D eigenvalue weighted by Crippen LogP contribution is -1.98. The molecule has 0 aliphatic rings. The van der Waals surface area contributed by atoms with Crippen molar-refractivity contribution in [2.45, 2.75) is 6.10 Å². The van der Waals surface area contributed by atoms with Crippen molar-refractivity contribution in [2.75, 3.05) is 0 Å². The third kappa shape index (κ3) is 2.69. The van der Waals surface area contributed by atoms with Gasteiger partial charge in [0.15, 0.2) is 6.29 Å². The summed E-state index contributed by atoms with van der Waals surface area (Å²) in [5.41, 5.74) is 1.18. The first-order valence-electron chi connectivity index (χ1n) is 4.79. The largest absolute Gasteiger partial charge is 0.384 e. The van der Waals surface area contributed by atoms with E-state index < -0.39 is 6.10 Å². The van der Waals surface area contributed by atoms with E-state index in [9.17, 15) is 9.90 Å². The zero-order valence-electron chi connectivity index (χ0n) is 8.56. The van der Waals surface area contributed by atoms with Crippen LogP contribution in [0.1, 0.15) is 26.9 Å². The van der Waals surface area contributed by atoms with Crippen LogP contribution in [-0.2, 0) is 0 Å². The first kappa shape index (κ1) is 12.6. The average Bonchev–Trinajstić information content (AvgIpc) is 2.69. The molecule has 2 rings (SSSR count). The molecule has 1 atom stereocenters. The van der Waals surface area contributed by atoms with Crippen LogP contribution in [0, 0.1) is 0 Å². The number of hydrogen-bond acceptors (Lipinski definition) is 3. The van der Waals surface area contributed by atoms with Gasteiger partial charge in [0.1, 0.15) is 6.10 Å². The predicted octanol–water partition coefficient (Wildman–Crippen LogP) is 3.95. The lowest BCUT2D eigenvalue weighted by Gasteiger charge is -2.10. The van der Waals surface area contributed by atoms with E-state index in [1.54, 1.807) is 30.3 Å². The van der Waals surface area contributed by atoms with Crippen LogP contribution in [0.4, 0.5) is 0 Å². The highest BCUT2D eigenvalue weighted by atomic mass is 35.5. The Morgan fingerprint density at radius 3 is 2.65 bits per heavy atom. The fourth-order valence-electron chi connectivity index (χ4n) is 1.50. The maximum Gasteiger partial charge on any atom is 0.160 e. The van der Waals surface area contributed by atoms with Crippen LogP contribution in [0.5, 0.6) is 0 Å². The van der Waals surface area contributed by atoms with Crippen LogP contribution in [0.15, 0.2) is 30.3 Å². The summed E-state index contributed by atoms with van der Waals surface area (Å²) in [5.74, 6) is 0. The Bertz CT molecular complexity index is 551. The Balaban J connectivity index is 2.39. The number of aliphatic hydroxyl groups is 1. The Morgan fingerprint density at radius 1 is 1.29 bits per heavy atom. The molecule has 88 valence electrons. The van der Waals surface area contributed by atoms with Crippen molar-refractivity contribution in [3.8, 4) is 0 Å². The van der Waals surface area contributed by atoms with Gasteiger partial charge in [-0.15, -0.1) is 11.3 Å². The topological polar surface area (TPSA) is 37.3 Å². The zero-order chi connectivity index (χ0) is 12.4. The molecule has 1 aromatic heterocycles. The molecule has 2 aromatic rings. The van der Waals surface area contributed by atoms with Crippen molar-refractivity contribution in [1.29, 1.82) is 0 Å².